The molecule has 1 N–H and O–H groups in total. The molecule has 0 saturated carbocycles. The van der Waals surface area contributed by atoms with E-state index in [4.69, 9.17) is 27.9 Å². The quantitative estimate of drug-likeness (QED) is 0.512. The van der Waals surface area contributed by atoms with Crippen LogP contribution in [0.2, 0.25) is 10.0 Å². The number of benzene rings is 3. The lowest BCUT2D eigenvalue weighted by molar-refractivity contribution is -0.139. The first-order valence-corrected chi connectivity index (χ1v) is 10.1. The smallest absolute Gasteiger partial charge is 0.252 e. The molecule has 30 heavy (non-hydrogen) atoms. The summed E-state index contributed by atoms with van der Waals surface area (Å²) in [5, 5.41) is 4.10. The van der Waals surface area contributed by atoms with Gasteiger partial charge in [-0.25, -0.2) is 0 Å². The maximum Gasteiger partial charge on any atom is 0.252 e. The van der Waals surface area contributed by atoms with E-state index in [1.807, 2.05) is 30.3 Å². The molecule has 1 aliphatic rings. The van der Waals surface area contributed by atoms with Crippen molar-refractivity contribution in [2.75, 3.05) is 5.32 Å². The van der Waals surface area contributed by atoms with Crippen molar-refractivity contribution < 1.29 is 14.3 Å². The number of amides is 2. The van der Waals surface area contributed by atoms with Crippen molar-refractivity contribution in [2.45, 2.75) is 19.0 Å². The van der Waals surface area contributed by atoms with Crippen LogP contribution in [0.4, 0.5) is 5.69 Å². The topological polar surface area (TPSA) is 58.6 Å². The van der Waals surface area contributed by atoms with Crippen molar-refractivity contribution >= 4 is 40.7 Å². The molecule has 3 aromatic carbocycles. The molecule has 152 valence electrons. The van der Waals surface area contributed by atoms with E-state index in [1.165, 1.54) is 4.90 Å². The molecule has 1 saturated heterocycles. The third-order valence-corrected chi connectivity index (χ3v) is 5.29. The highest BCUT2D eigenvalue weighted by Crippen LogP contribution is 2.33. The van der Waals surface area contributed by atoms with Crippen LogP contribution in [0.5, 0.6) is 11.5 Å². The third-order valence-electron chi connectivity index (χ3n) is 4.74. The number of halogens is 2. The molecule has 0 bridgehead atoms. The Morgan fingerprint density at radius 3 is 2.40 bits per heavy atom. The molecular weight excluding hydrogens is 423 g/mol. The van der Waals surface area contributed by atoms with Crippen LogP contribution in [0.3, 0.4) is 0 Å². The van der Waals surface area contributed by atoms with Crippen LogP contribution >= 0.6 is 23.2 Å². The van der Waals surface area contributed by atoms with Gasteiger partial charge in [0.2, 0.25) is 5.91 Å². The summed E-state index contributed by atoms with van der Waals surface area (Å²) in [6.07, 6.45) is 0.103. The lowest BCUT2D eigenvalue weighted by Gasteiger charge is -2.16. The Kier molecular flexibility index (Phi) is 5.93. The number of carbonyl (C=O) groups is 2. The van der Waals surface area contributed by atoms with E-state index in [9.17, 15) is 9.59 Å². The predicted octanol–water partition coefficient (Wildman–Crippen LogP) is 5.53. The Morgan fingerprint density at radius 1 is 0.967 bits per heavy atom. The van der Waals surface area contributed by atoms with E-state index in [1.54, 1.807) is 42.5 Å². The van der Waals surface area contributed by atoms with Gasteiger partial charge < -0.3 is 10.1 Å². The van der Waals surface area contributed by atoms with E-state index < -0.39 is 6.04 Å². The summed E-state index contributed by atoms with van der Waals surface area (Å²) in [4.78, 5) is 26.4. The van der Waals surface area contributed by atoms with E-state index in [0.717, 1.165) is 5.56 Å². The van der Waals surface area contributed by atoms with Gasteiger partial charge in [-0.05, 0) is 48.0 Å². The molecule has 4 rings (SSSR count). The number of hydrogen-bond acceptors (Lipinski definition) is 4. The van der Waals surface area contributed by atoms with Crippen molar-refractivity contribution in [3.63, 3.8) is 0 Å². The normalized spacial score (nSPS) is 16.1. The summed E-state index contributed by atoms with van der Waals surface area (Å²) < 4.78 is 5.76. The summed E-state index contributed by atoms with van der Waals surface area (Å²) in [7, 11) is 0. The third kappa shape index (κ3) is 4.58. The molecule has 2 amide bonds. The SMILES string of the molecule is O=C1CC(Nc2ccc(Oc3ccc(Cl)cc3)c(Cl)c2)C(=O)N1Cc1ccccc1. The largest absolute Gasteiger partial charge is 0.456 e. The number of nitrogens with one attached hydrogen (secondary N) is 1. The number of likely N-dealkylation sites (tertiary alicyclic amines) is 1. The second kappa shape index (κ2) is 8.78. The van der Waals surface area contributed by atoms with Gasteiger partial charge in [0.25, 0.3) is 5.91 Å². The van der Waals surface area contributed by atoms with E-state index in [-0.39, 0.29) is 24.8 Å². The molecule has 5 nitrogen and oxygen atoms in total. The minimum atomic E-state index is -0.625. The summed E-state index contributed by atoms with van der Waals surface area (Å²) in [6, 6.07) is 20.9. The summed E-state index contributed by atoms with van der Waals surface area (Å²) >= 11 is 12.2. The first-order chi connectivity index (χ1) is 14.5. The van der Waals surface area contributed by atoms with Crippen LogP contribution in [0.15, 0.2) is 72.8 Å². The van der Waals surface area contributed by atoms with Crippen LogP contribution < -0.4 is 10.1 Å². The van der Waals surface area contributed by atoms with E-state index in [2.05, 4.69) is 5.32 Å². The van der Waals surface area contributed by atoms with Gasteiger partial charge in [0.1, 0.15) is 17.5 Å². The molecule has 1 heterocycles. The molecule has 7 heteroatoms. The average Bonchev–Trinajstić information content (AvgIpc) is 3.00. The molecule has 1 unspecified atom stereocenters. The zero-order valence-corrected chi connectivity index (χ0v) is 17.4. The van der Waals surface area contributed by atoms with Gasteiger partial charge in [0, 0.05) is 10.7 Å². The molecular formula is C23H18Cl2N2O3. The lowest BCUT2D eigenvalue weighted by Crippen LogP contribution is -2.34. The van der Waals surface area contributed by atoms with Crippen molar-refractivity contribution in [3.05, 3.63) is 88.4 Å². The van der Waals surface area contributed by atoms with Gasteiger partial charge in [-0.15, -0.1) is 0 Å². The van der Waals surface area contributed by atoms with Crippen LogP contribution in [0.1, 0.15) is 12.0 Å². The molecule has 3 aromatic rings. The number of imide groups is 1. The molecule has 1 fully saturated rings. The predicted molar refractivity (Wildman–Crippen MR) is 117 cm³/mol. The van der Waals surface area contributed by atoms with Crippen molar-refractivity contribution in [2.24, 2.45) is 0 Å². The first kappa shape index (κ1) is 20.3. The average molecular weight is 441 g/mol. The maximum absolute atomic E-state index is 12.7. The molecule has 0 spiro atoms. The van der Waals surface area contributed by atoms with Crippen molar-refractivity contribution in [3.8, 4) is 11.5 Å². The molecule has 0 aromatic heterocycles. The van der Waals surface area contributed by atoms with Gasteiger partial charge in [-0.1, -0.05) is 53.5 Å². The summed E-state index contributed by atoms with van der Waals surface area (Å²) in [6.45, 7) is 0.269. The molecule has 0 aliphatic carbocycles. The van der Waals surface area contributed by atoms with Gasteiger partial charge in [0.05, 0.1) is 18.0 Å². The first-order valence-electron chi connectivity index (χ1n) is 9.37. The minimum Gasteiger partial charge on any atom is -0.456 e. The number of nitrogens with zero attached hydrogens (tertiary/aromatic N) is 1. The zero-order chi connectivity index (χ0) is 21.1. The maximum atomic E-state index is 12.7. The van der Waals surface area contributed by atoms with Gasteiger partial charge in [-0.3, -0.25) is 14.5 Å². The standard InChI is InChI=1S/C23H18Cl2N2O3/c24-16-6-9-18(10-7-16)30-21-11-8-17(12-19(21)25)26-20-13-22(28)27(23(20)29)14-15-4-2-1-3-5-15/h1-12,20,26H,13-14H2. The highest BCUT2D eigenvalue weighted by Gasteiger charge is 2.38. The Bertz CT molecular complexity index is 1070. The van der Waals surface area contributed by atoms with Crippen LogP contribution in [-0.2, 0) is 16.1 Å². The van der Waals surface area contributed by atoms with Gasteiger partial charge in [0.15, 0.2) is 0 Å². The van der Waals surface area contributed by atoms with E-state index >= 15 is 0 Å². The summed E-state index contributed by atoms with van der Waals surface area (Å²) in [5.74, 6) is 0.635. The Hall–Kier alpha value is -3.02. The van der Waals surface area contributed by atoms with E-state index in [0.29, 0.717) is 27.2 Å². The number of anilines is 1. The number of rotatable bonds is 6. The van der Waals surface area contributed by atoms with Crippen LogP contribution in [0.25, 0.3) is 0 Å². The lowest BCUT2D eigenvalue weighted by atomic mass is 10.2. The minimum absolute atomic E-state index is 0.103. The summed E-state index contributed by atoms with van der Waals surface area (Å²) in [5.41, 5.74) is 1.54. The molecule has 0 radical (unpaired) electrons. The van der Waals surface area contributed by atoms with Gasteiger partial charge in [-0.2, -0.15) is 0 Å². The second-order valence-corrected chi connectivity index (χ2v) is 7.75. The van der Waals surface area contributed by atoms with Crippen LogP contribution in [0, 0.1) is 0 Å². The number of hydrogen-bond donors (Lipinski definition) is 1. The van der Waals surface area contributed by atoms with Gasteiger partial charge >= 0.3 is 0 Å². The zero-order valence-electron chi connectivity index (χ0n) is 15.8. The number of ether oxygens (including phenoxy) is 1. The molecule has 1 atom stereocenters. The Morgan fingerprint density at radius 2 is 1.70 bits per heavy atom. The molecule has 1 aliphatic heterocycles. The van der Waals surface area contributed by atoms with Crippen LogP contribution in [-0.4, -0.2) is 22.8 Å². The highest BCUT2D eigenvalue weighted by molar-refractivity contribution is 6.32. The Balaban J connectivity index is 1.42. The highest BCUT2D eigenvalue weighted by atomic mass is 35.5. The van der Waals surface area contributed by atoms with Crippen molar-refractivity contribution in [1.29, 1.82) is 0 Å². The fourth-order valence-corrected chi connectivity index (χ4v) is 3.58. The fourth-order valence-electron chi connectivity index (χ4n) is 3.23. The Labute approximate surface area is 184 Å². The van der Waals surface area contributed by atoms with Crippen molar-refractivity contribution in [1.82, 2.24) is 4.90 Å². The fraction of sp³-hybridized carbons (Fsp3) is 0.130. The second-order valence-electron chi connectivity index (χ2n) is 6.91. The monoisotopic (exact) mass is 440 g/mol. The number of carbonyl (C=O) groups excluding carboxylic acids is 2.